The number of halogens is 1. The summed E-state index contributed by atoms with van der Waals surface area (Å²) in [4.78, 5) is 3.77. The molecule has 7 heavy (non-hydrogen) atoms. The van der Waals surface area contributed by atoms with Crippen molar-refractivity contribution in [2.45, 2.75) is 0 Å². The van der Waals surface area contributed by atoms with Crippen LogP contribution in [-0.4, -0.2) is 4.22 Å². The van der Waals surface area contributed by atoms with Gasteiger partial charge in [0.2, 0.25) is 0 Å². The fourth-order valence-electron chi connectivity index (χ4n) is 0.143. The Morgan fingerprint density at radius 1 is 1.57 bits per heavy atom. The molecule has 0 fully saturated rings. The molecule has 0 aromatic rings. The van der Waals surface area contributed by atoms with Crippen molar-refractivity contribution in [2.75, 3.05) is 0 Å². The van der Waals surface area contributed by atoms with Gasteiger partial charge in [-0.3, -0.25) is 4.99 Å². The molecule has 0 aliphatic carbocycles. The number of aliphatic imine (C=N–C) groups is 1. The third kappa shape index (κ3) is 5.88. The van der Waals surface area contributed by atoms with Crippen LogP contribution in [0.5, 0.6) is 0 Å². The minimum atomic E-state index is 1.68. The molecule has 0 rings (SSSR count). The first-order chi connectivity index (χ1) is 3.41. The van der Waals surface area contributed by atoms with Gasteiger partial charge < -0.3 is 0 Å². The normalized spacial score (nSPS) is 11.0. The van der Waals surface area contributed by atoms with E-state index in [9.17, 15) is 0 Å². The maximum absolute atomic E-state index is 3.77. The lowest BCUT2D eigenvalue weighted by Gasteiger charge is -1.65. The van der Waals surface area contributed by atoms with Gasteiger partial charge in [0.05, 0.1) is 4.22 Å². The molecule has 0 amide bonds. The van der Waals surface area contributed by atoms with Crippen molar-refractivity contribution < 1.29 is 0 Å². The zero-order valence-corrected chi connectivity index (χ0v) is 6.00. The van der Waals surface area contributed by atoms with Gasteiger partial charge in [-0.25, -0.2) is 0 Å². The maximum Gasteiger partial charge on any atom is 0.0651 e. The van der Waals surface area contributed by atoms with Crippen LogP contribution < -0.4 is 0 Å². The average molecular weight is 207 g/mol. The van der Waals surface area contributed by atoms with E-state index in [4.69, 9.17) is 0 Å². The first-order valence-electron chi connectivity index (χ1n) is 1.81. The molecule has 0 aromatic heterocycles. The fourth-order valence-corrected chi connectivity index (χ4v) is 0.329. The van der Waals surface area contributed by atoms with Crippen LogP contribution in [-0.2, 0) is 0 Å². The van der Waals surface area contributed by atoms with Crippen LogP contribution in [0, 0.1) is 0 Å². The van der Waals surface area contributed by atoms with Gasteiger partial charge in [0.1, 0.15) is 0 Å². The lowest BCUT2D eigenvalue weighted by atomic mass is 10.6. The second-order valence-electron chi connectivity index (χ2n) is 0.824. The summed E-state index contributed by atoms with van der Waals surface area (Å²) in [7, 11) is 0. The van der Waals surface area contributed by atoms with Crippen LogP contribution in [0.3, 0.4) is 0 Å². The highest BCUT2D eigenvalue weighted by atomic mass is 127. The summed E-state index contributed by atoms with van der Waals surface area (Å²) in [6.45, 7) is 3.47. The molecule has 0 unspecified atom stereocenters. The van der Waals surface area contributed by atoms with Gasteiger partial charge in [0.25, 0.3) is 0 Å². The topological polar surface area (TPSA) is 12.4 Å². The van der Waals surface area contributed by atoms with Gasteiger partial charge in [0.15, 0.2) is 0 Å². The molecule has 0 aliphatic heterocycles. The minimum Gasteiger partial charge on any atom is -0.258 e. The summed E-state index contributed by atoms with van der Waals surface area (Å²) in [5.41, 5.74) is 0. The minimum absolute atomic E-state index is 1.68. The molecule has 0 heterocycles. The maximum atomic E-state index is 3.77. The molecule has 0 atom stereocenters. The molecule has 0 saturated carbocycles. The zero-order valence-electron chi connectivity index (χ0n) is 3.84. The number of nitrogens with zero attached hydrogens (tertiary/aromatic N) is 1. The van der Waals surface area contributed by atoms with Crippen LogP contribution in [0.25, 0.3) is 0 Å². The van der Waals surface area contributed by atoms with E-state index in [2.05, 4.69) is 11.6 Å². The van der Waals surface area contributed by atoms with Gasteiger partial charge in [-0.15, -0.1) is 0 Å². The Labute approximate surface area is 57.0 Å². The van der Waals surface area contributed by atoms with E-state index in [-0.39, 0.29) is 0 Å². The molecule has 0 spiro atoms. The highest BCUT2D eigenvalue weighted by Crippen LogP contribution is 1.76. The molecular formula is C5H6IN. The van der Waals surface area contributed by atoms with Gasteiger partial charge in [-0.1, -0.05) is 12.7 Å². The molecule has 0 saturated heterocycles. The Kier molecular flexibility index (Phi) is 5.78. The van der Waals surface area contributed by atoms with Crippen LogP contribution in [0.4, 0.5) is 0 Å². The Balaban J connectivity index is 3.27. The van der Waals surface area contributed by atoms with Gasteiger partial charge in [-0.05, 0) is 28.7 Å². The summed E-state index contributed by atoms with van der Waals surface area (Å²) >= 11 is 2.05. The van der Waals surface area contributed by atoms with Crippen molar-refractivity contribution >= 4 is 26.8 Å². The van der Waals surface area contributed by atoms with Crippen molar-refractivity contribution in [3.05, 3.63) is 24.9 Å². The number of rotatable bonds is 2. The average Bonchev–Trinajstić information content (AvgIpc) is 1.69. The molecule has 38 valence electrons. The van der Waals surface area contributed by atoms with Gasteiger partial charge in [-0.2, -0.15) is 0 Å². The lowest BCUT2D eigenvalue weighted by molar-refractivity contribution is 1.62. The van der Waals surface area contributed by atoms with Crippen molar-refractivity contribution in [1.29, 1.82) is 0 Å². The largest absolute Gasteiger partial charge is 0.258 e. The van der Waals surface area contributed by atoms with Gasteiger partial charge in [0, 0.05) is 6.20 Å². The van der Waals surface area contributed by atoms with Crippen molar-refractivity contribution in [1.82, 2.24) is 0 Å². The standard InChI is InChI=1S/C5H6IN/c1-2-3-4-7-5-6/h2-5H,1H2/b4-3-,7-5-. The highest BCUT2D eigenvalue weighted by molar-refractivity contribution is 14.1. The molecule has 0 aliphatic rings. The second kappa shape index (κ2) is 5.88. The molecule has 0 bridgehead atoms. The summed E-state index contributed by atoms with van der Waals surface area (Å²) in [6, 6.07) is 0. The molecule has 0 radical (unpaired) electrons. The van der Waals surface area contributed by atoms with E-state index in [0.717, 1.165) is 0 Å². The first kappa shape index (κ1) is 6.88. The summed E-state index contributed by atoms with van der Waals surface area (Å²) < 4.78 is 1.69. The molecule has 2 heteroatoms. The number of hydrogen-bond donors (Lipinski definition) is 0. The fraction of sp³-hybridized carbons (Fsp3) is 0. The van der Waals surface area contributed by atoms with E-state index in [1.165, 1.54) is 0 Å². The van der Waals surface area contributed by atoms with Gasteiger partial charge >= 0.3 is 0 Å². The third-order valence-corrected chi connectivity index (χ3v) is 0.686. The Bertz CT molecular complexity index is 94.3. The third-order valence-electron chi connectivity index (χ3n) is 0.365. The van der Waals surface area contributed by atoms with Crippen molar-refractivity contribution in [2.24, 2.45) is 4.99 Å². The van der Waals surface area contributed by atoms with E-state index in [1.54, 1.807) is 22.6 Å². The Hall–Kier alpha value is -0.120. The van der Waals surface area contributed by atoms with E-state index in [1.807, 2.05) is 22.6 Å². The smallest absolute Gasteiger partial charge is 0.0651 e. The zero-order chi connectivity index (χ0) is 5.54. The summed E-state index contributed by atoms with van der Waals surface area (Å²) in [6.07, 6.45) is 5.14. The van der Waals surface area contributed by atoms with Crippen molar-refractivity contribution in [3.8, 4) is 0 Å². The van der Waals surface area contributed by atoms with Crippen LogP contribution in [0.1, 0.15) is 0 Å². The van der Waals surface area contributed by atoms with Crippen LogP contribution in [0.2, 0.25) is 0 Å². The summed E-state index contributed by atoms with van der Waals surface area (Å²) in [5, 5.41) is 0. The first-order valence-corrected chi connectivity index (χ1v) is 3.06. The quantitative estimate of drug-likeness (QED) is 0.373. The Morgan fingerprint density at radius 3 is 2.71 bits per heavy atom. The van der Waals surface area contributed by atoms with Crippen LogP contribution in [0.15, 0.2) is 29.9 Å². The predicted octanol–water partition coefficient (Wildman–Crippen LogP) is 2.15. The highest BCUT2D eigenvalue weighted by Gasteiger charge is 1.53. The van der Waals surface area contributed by atoms with E-state index in [0.29, 0.717) is 0 Å². The SMILES string of the molecule is C=C/C=C\N=C/I. The molecule has 1 nitrogen and oxygen atoms in total. The number of hydrogen-bond acceptors (Lipinski definition) is 1. The molecule has 0 N–H and O–H groups in total. The second-order valence-corrected chi connectivity index (χ2v) is 1.38. The van der Waals surface area contributed by atoms with E-state index < -0.39 is 0 Å². The van der Waals surface area contributed by atoms with E-state index >= 15 is 0 Å². The molecular weight excluding hydrogens is 201 g/mol. The summed E-state index contributed by atoms with van der Waals surface area (Å²) in [5.74, 6) is 0. The van der Waals surface area contributed by atoms with Crippen molar-refractivity contribution in [3.63, 3.8) is 0 Å². The number of allylic oxidation sites excluding steroid dienone is 2. The monoisotopic (exact) mass is 207 g/mol. The molecule has 0 aromatic carbocycles. The Morgan fingerprint density at radius 2 is 2.29 bits per heavy atom. The lowest BCUT2D eigenvalue weighted by Crippen LogP contribution is -1.46. The predicted molar refractivity (Wildman–Crippen MR) is 41.8 cm³/mol. The van der Waals surface area contributed by atoms with Crippen LogP contribution >= 0.6 is 22.6 Å².